The van der Waals surface area contributed by atoms with Gasteiger partial charge >= 0.3 is 0 Å². The zero-order valence-corrected chi connectivity index (χ0v) is 17.3. The number of carbonyl (C=O) groups is 1. The first-order chi connectivity index (χ1) is 12.5. The van der Waals surface area contributed by atoms with Crippen LogP contribution in [0.2, 0.25) is 0 Å². The number of methoxy groups -OCH3 is 2. The van der Waals surface area contributed by atoms with E-state index in [1.807, 2.05) is 0 Å². The van der Waals surface area contributed by atoms with Crippen molar-refractivity contribution in [2.24, 2.45) is 40.4 Å². The predicted molar refractivity (Wildman–Crippen MR) is 103 cm³/mol. The van der Waals surface area contributed by atoms with Crippen LogP contribution in [-0.2, 0) is 14.3 Å². The predicted octanol–water partition coefficient (Wildman–Crippen LogP) is 5.22. The van der Waals surface area contributed by atoms with Crippen molar-refractivity contribution >= 4 is 5.78 Å². The van der Waals surface area contributed by atoms with E-state index in [0.717, 1.165) is 30.1 Å². The van der Waals surface area contributed by atoms with Crippen LogP contribution < -0.4 is 0 Å². The molecule has 0 radical (unpaired) electrons. The van der Waals surface area contributed by atoms with E-state index < -0.39 is 6.29 Å². The minimum Gasteiger partial charge on any atom is -0.349 e. The van der Waals surface area contributed by atoms with Crippen molar-refractivity contribution in [3.63, 3.8) is 0 Å². The lowest BCUT2D eigenvalue weighted by molar-refractivity contribution is -0.168. The summed E-state index contributed by atoms with van der Waals surface area (Å²) in [5, 5.41) is 0. The summed E-state index contributed by atoms with van der Waals surface area (Å²) in [6.07, 6.45) is 12.8. The molecule has 7 atom stereocenters. The molecule has 3 heteroatoms. The third kappa shape index (κ3) is 2.64. The summed E-state index contributed by atoms with van der Waals surface area (Å²) in [4.78, 5) is 13.1. The van der Waals surface area contributed by atoms with Gasteiger partial charge in [0, 0.05) is 20.1 Å². The van der Waals surface area contributed by atoms with Crippen molar-refractivity contribution in [1.29, 1.82) is 0 Å². The molecule has 4 aliphatic carbocycles. The maximum absolute atomic E-state index is 13.1. The Bertz CT molecular complexity index is 542. The average Bonchev–Trinajstić information content (AvgIpc) is 2.99. The van der Waals surface area contributed by atoms with E-state index >= 15 is 0 Å². The molecule has 4 saturated carbocycles. The van der Waals surface area contributed by atoms with Gasteiger partial charge in [-0.05, 0) is 85.9 Å². The van der Waals surface area contributed by atoms with Gasteiger partial charge in [0.05, 0.1) is 0 Å². The van der Waals surface area contributed by atoms with E-state index in [9.17, 15) is 4.79 Å². The first-order valence-electron chi connectivity index (χ1n) is 11.0. The number of carbonyl (C=O) groups excluding carboxylic acids is 1. The molecule has 3 nitrogen and oxygen atoms in total. The molecule has 0 aromatic heterocycles. The Morgan fingerprint density at radius 2 is 1.58 bits per heavy atom. The second kappa shape index (κ2) is 6.88. The van der Waals surface area contributed by atoms with Crippen LogP contribution in [-0.4, -0.2) is 26.3 Å². The first kappa shape index (κ1) is 18.9. The first-order valence-corrected chi connectivity index (χ1v) is 11.0. The Balaban J connectivity index is 1.57. The number of ketones is 1. The third-order valence-electron chi connectivity index (χ3n) is 9.59. The van der Waals surface area contributed by atoms with Crippen molar-refractivity contribution in [3.8, 4) is 0 Å². The Labute approximate surface area is 159 Å². The van der Waals surface area contributed by atoms with Crippen LogP contribution in [0.4, 0.5) is 0 Å². The van der Waals surface area contributed by atoms with Crippen LogP contribution in [0.5, 0.6) is 0 Å². The van der Waals surface area contributed by atoms with E-state index in [4.69, 9.17) is 9.47 Å². The molecule has 0 aliphatic heterocycles. The zero-order valence-electron chi connectivity index (χ0n) is 17.3. The molecular formula is C23H38O3. The molecule has 0 N–H and O–H groups in total. The highest BCUT2D eigenvalue weighted by molar-refractivity contribution is 5.85. The lowest BCUT2D eigenvalue weighted by Crippen LogP contribution is -2.53. The van der Waals surface area contributed by atoms with E-state index in [0.29, 0.717) is 5.41 Å². The number of rotatable bonds is 4. The van der Waals surface area contributed by atoms with Gasteiger partial charge in [0.15, 0.2) is 5.78 Å². The summed E-state index contributed by atoms with van der Waals surface area (Å²) in [5.41, 5.74) is 0.734. The average molecular weight is 363 g/mol. The molecule has 4 aliphatic rings. The minimum absolute atomic E-state index is 0.121. The largest absolute Gasteiger partial charge is 0.349 e. The normalized spacial score (nSPS) is 48.0. The van der Waals surface area contributed by atoms with Gasteiger partial charge in [-0.3, -0.25) is 4.79 Å². The minimum atomic E-state index is -0.681. The maximum Gasteiger partial charge on any atom is 0.217 e. The second-order valence-corrected chi connectivity index (χ2v) is 10.3. The lowest BCUT2D eigenvalue weighted by atomic mass is 9.45. The summed E-state index contributed by atoms with van der Waals surface area (Å²) >= 11 is 0. The summed E-state index contributed by atoms with van der Waals surface area (Å²) in [5.74, 6) is 3.74. The van der Waals surface area contributed by atoms with E-state index in [2.05, 4.69) is 13.8 Å². The molecule has 0 aromatic rings. The van der Waals surface area contributed by atoms with Gasteiger partial charge in [-0.25, -0.2) is 0 Å². The van der Waals surface area contributed by atoms with Crippen LogP contribution in [0.15, 0.2) is 0 Å². The van der Waals surface area contributed by atoms with Gasteiger partial charge in [-0.1, -0.05) is 26.7 Å². The van der Waals surface area contributed by atoms with Crippen LogP contribution >= 0.6 is 0 Å². The molecule has 0 spiro atoms. The highest BCUT2D eigenvalue weighted by Gasteiger charge is 2.61. The molecular weight excluding hydrogens is 324 g/mol. The number of Topliss-reactive ketones (excluding diaryl/α,β-unsaturated/α-hetero) is 1. The standard InChI is InChI=1S/C23H38O3/c1-22-13-6-5-7-15(22)8-9-16-17-10-11-19(20(24)21(25-3)26-4)23(17,2)14-12-18(16)22/h15-19,21H,5-14H2,1-4H3/t15?,16-,17-,18-,19+,22-,23-/m0/s1. The molecule has 0 heterocycles. The van der Waals surface area contributed by atoms with Gasteiger partial charge in [0.25, 0.3) is 0 Å². The van der Waals surface area contributed by atoms with Crippen molar-refractivity contribution in [3.05, 3.63) is 0 Å². The van der Waals surface area contributed by atoms with Gasteiger partial charge in [0.2, 0.25) is 6.29 Å². The SMILES string of the molecule is COC(OC)C(=O)[C@H]1CC[C@H]2[C@@H]3CCC4CCCC[C@]4(C)[C@H]3CC[C@]12C. The molecule has 148 valence electrons. The van der Waals surface area contributed by atoms with Gasteiger partial charge < -0.3 is 9.47 Å². The summed E-state index contributed by atoms with van der Waals surface area (Å²) in [6, 6.07) is 0. The maximum atomic E-state index is 13.1. The summed E-state index contributed by atoms with van der Waals surface area (Å²) < 4.78 is 10.6. The Morgan fingerprint density at radius 3 is 2.31 bits per heavy atom. The summed E-state index contributed by atoms with van der Waals surface area (Å²) in [6.45, 7) is 5.04. The van der Waals surface area contributed by atoms with Gasteiger partial charge in [0.1, 0.15) is 0 Å². The molecule has 0 saturated heterocycles. The number of ether oxygens (including phenoxy) is 2. The molecule has 0 aromatic carbocycles. The highest BCUT2D eigenvalue weighted by atomic mass is 16.7. The van der Waals surface area contributed by atoms with Crippen molar-refractivity contribution in [1.82, 2.24) is 0 Å². The zero-order chi connectivity index (χ0) is 18.5. The number of fused-ring (bicyclic) bond motifs is 5. The smallest absolute Gasteiger partial charge is 0.217 e. The van der Waals surface area contributed by atoms with Crippen LogP contribution in [0.1, 0.15) is 78.1 Å². The Kier molecular flexibility index (Phi) is 5.01. The Morgan fingerprint density at radius 1 is 0.846 bits per heavy atom. The topological polar surface area (TPSA) is 35.5 Å². The van der Waals surface area contributed by atoms with Crippen LogP contribution in [0.3, 0.4) is 0 Å². The van der Waals surface area contributed by atoms with Gasteiger partial charge in [-0.15, -0.1) is 0 Å². The third-order valence-corrected chi connectivity index (χ3v) is 9.59. The molecule has 4 fully saturated rings. The van der Waals surface area contributed by atoms with E-state index in [-0.39, 0.29) is 17.1 Å². The van der Waals surface area contributed by atoms with Crippen LogP contribution in [0.25, 0.3) is 0 Å². The molecule has 0 amide bonds. The molecule has 4 rings (SSSR count). The van der Waals surface area contributed by atoms with Crippen molar-refractivity contribution < 1.29 is 14.3 Å². The second-order valence-electron chi connectivity index (χ2n) is 10.3. The summed E-state index contributed by atoms with van der Waals surface area (Å²) in [7, 11) is 3.17. The fourth-order valence-electron chi connectivity index (χ4n) is 8.26. The molecule has 1 unspecified atom stereocenters. The molecule has 26 heavy (non-hydrogen) atoms. The lowest BCUT2D eigenvalue weighted by Gasteiger charge is -2.60. The van der Waals surface area contributed by atoms with Gasteiger partial charge in [-0.2, -0.15) is 0 Å². The van der Waals surface area contributed by atoms with E-state index in [1.54, 1.807) is 14.2 Å². The quantitative estimate of drug-likeness (QED) is 0.643. The monoisotopic (exact) mass is 362 g/mol. The van der Waals surface area contributed by atoms with Crippen LogP contribution in [0, 0.1) is 40.4 Å². The number of hydrogen-bond donors (Lipinski definition) is 0. The molecule has 0 bridgehead atoms. The number of hydrogen-bond acceptors (Lipinski definition) is 3. The fraction of sp³-hybridized carbons (Fsp3) is 0.957. The Hall–Kier alpha value is -0.410. The highest BCUT2D eigenvalue weighted by Crippen LogP contribution is 2.67. The fourth-order valence-corrected chi connectivity index (χ4v) is 8.26. The van der Waals surface area contributed by atoms with Crippen molar-refractivity contribution in [2.75, 3.05) is 14.2 Å². The van der Waals surface area contributed by atoms with E-state index in [1.165, 1.54) is 57.8 Å². The van der Waals surface area contributed by atoms with Crippen molar-refractivity contribution in [2.45, 2.75) is 84.3 Å².